The molecule has 4 rings (SSSR count). The van der Waals surface area contributed by atoms with Gasteiger partial charge in [0.25, 0.3) is 0 Å². The fourth-order valence-electron chi connectivity index (χ4n) is 4.21. The van der Waals surface area contributed by atoms with Gasteiger partial charge in [-0.05, 0) is 37.4 Å². The molecule has 2 N–H and O–H groups in total. The van der Waals surface area contributed by atoms with Crippen molar-refractivity contribution in [2.24, 2.45) is 11.3 Å². The van der Waals surface area contributed by atoms with E-state index in [-0.39, 0.29) is 11.3 Å². The highest BCUT2D eigenvalue weighted by Gasteiger charge is 2.49. The monoisotopic (exact) mass is 325 g/mol. The Hall–Kier alpha value is -2.21. The number of fused-ring (bicyclic) bond motifs is 1. The van der Waals surface area contributed by atoms with Crippen LogP contribution in [0.1, 0.15) is 31.2 Å². The predicted octanol–water partition coefficient (Wildman–Crippen LogP) is 1.66. The summed E-state index contributed by atoms with van der Waals surface area (Å²) in [5.74, 6) is 1.43. The van der Waals surface area contributed by atoms with Gasteiger partial charge in [0.1, 0.15) is 0 Å². The molecule has 2 aliphatic rings. The molecule has 2 atom stereocenters. The first kappa shape index (κ1) is 15.3. The Bertz CT molecular complexity index is 714. The number of carbonyl (C=O) groups is 1. The molecule has 0 radical (unpaired) electrons. The van der Waals surface area contributed by atoms with Crippen molar-refractivity contribution in [2.75, 3.05) is 13.1 Å². The van der Waals surface area contributed by atoms with E-state index in [0.29, 0.717) is 12.5 Å². The molecule has 0 unspecified atom stereocenters. The van der Waals surface area contributed by atoms with Gasteiger partial charge in [0.15, 0.2) is 5.82 Å². The average molecular weight is 325 g/mol. The van der Waals surface area contributed by atoms with E-state index >= 15 is 0 Å². The first-order valence-electron chi connectivity index (χ1n) is 8.72. The molecule has 1 aliphatic heterocycles. The summed E-state index contributed by atoms with van der Waals surface area (Å²) in [5, 5.41) is 10.9. The maximum absolute atomic E-state index is 13.0. The standard InChI is InChI=1S/C18H23N5O/c24-17(18-7-2-1-6-15(18)12-19-13-18)21-11-14-5-3-8-20-16(14)23-10-4-9-22-23/h3-5,8-10,15,19H,1-2,6-7,11-13H2,(H,21,24)/t15-,18+/m0/s1. The molecule has 24 heavy (non-hydrogen) atoms. The van der Waals surface area contributed by atoms with Crippen molar-refractivity contribution in [1.82, 2.24) is 25.4 Å². The van der Waals surface area contributed by atoms with E-state index < -0.39 is 0 Å². The van der Waals surface area contributed by atoms with E-state index in [0.717, 1.165) is 43.7 Å². The molecule has 2 aromatic rings. The van der Waals surface area contributed by atoms with Crippen LogP contribution in [0, 0.1) is 11.3 Å². The summed E-state index contributed by atoms with van der Waals surface area (Å²) in [7, 11) is 0. The van der Waals surface area contributed by atoms with Crippen molar-refractivity contribution < 1.29 is 4.79 Å². The van der Waals surface area contributed by atoms with Gasteiger partial charge < -0.3 is 10.6 Å². The fourth-order valence-corrected chi connectivity index (χ4v) is 4.21. The van der Waals surface area contributed by atoms with E-state index in [1.54, 1.807) is 17.1 Å². The van der Waals surface area contributed by atoms with Gasteiger partial charge in [0, 0.05) is 37.2 Å². The van der Waals surface area contributed by atoms with Crippen molar-refractivity contribution in [3.8, 4) is 5.82 Å². The molecule has 6 nitrogen and oxygen atoms in total. The zero-order chi connectivity index (χ0) is 16.4. The SMILES string of the molecule is O=C(NCc1cccnc1-n1cccn1)[C@@]12CCCC[C@H]1CNC2. The Morgan fingerprint density at radius 3 is 3.21 bits per heavy atom. The third kappa shape index (κ3) is 2.60. The van der Waals surface area contributed by atoms with Crippen LogP contribution < -0.4 is 10.6 Å². The Labute approximate surface area is 141 Å². The normalized spacial score (nSPS) is 26.1. The molecular formula is C18H23N5O. The van der Waals surface area contributed by atoms with E-state index in [1.807, 2.05) is 24.4 Å². The van der Waals surface area contributed by atoms with Gasteiger partial charge in [-0.3, -0.25) is 4.79 Å². The quantitative estimate of drug-likeness (QED) is 0.897. The third-order valence-electron chi connectivity index (χ3n) is 5.52. The maximum Gasteiger partial charge on any atom is 0.228 e. The van der Waals surface area contributed by atoms with Crippen LogP contribution >= 0.6 is 0 Å². The summed E-state index contributed by atoms with van der Waals surface area (Å²) >= 11 is 0. The average Bonchev–Trinajstić information content (AvgIpc) is 3.29. The van der Waals surface area contributed by atoms with Gasteiger partial charge in [-0.1, -0.05) is 18.9 Å². The second-order valence-corrected chi connectivity index (χ2v) is 6.85. The molecule has 1 saturated heterocycles. The van der Waals surface area contributed by atoms with E-state index in [9.17, 15) is 4.79 Å². The van der Waals surface area contributed by atoms with Crippen LogP contribution in [0.4, 0.5) is 0 Å². The highest BCUT2D eigenvalue weighted by molar-refractivity contribution is 5.84. The molecule has 0 spiro atoms. The van der Waals surface area contributed by atoms with Crippen LogP contribution in [-0.4, -0.2) is 33.8 Å². The summed E-state index contributed by atoms with van der Waals surface area (Å²) in [4.78, 5) is 17.4. The molecule has 2 aromatic heterocycles. The summed E-state index contributed by atoms with van der Waals surface area (Å²) in [6, 6.07) is 5.76. The second-order valence-electron chi connectivity index (χ2n) is 6.85. The van der Waals surface area contributed by atoms with Gasteiger partial charge in [0.2, 0.25) is 5.91 Å². The molecule has 6 heteroatoms. The van der Waals surface area contributed by atoms with Crippen LogP contribution in [0.5, 0.6) is 0 Å². The Morgan fingerprint density at radius 1 is 1.38 bits per heavy atom. The van der Waals surface area contributed by atoms with Gasteiger partial charge in [-0.25, -0.2) is 9.67 Å². The van der Waals surface area contributed by atoms with Crippen molar-refractivity contribution in [2.45, 2.75) is 32.2 Å². The molecule has 1 aliphatic carbocycles. The zero-order valence-corrected chi connectivity index (χ0v) is 13.7. The molecular weight excluding hydrogens is 302 g/mol. The Morgan fingerprint density at radius 2 is 2.33 bits per heavy atom. The number of rotatable bonds is 4. The third-order valence-corrected chi connectivity index (χ3v) is 5.52. The Balaban J connectivity index is 1.50. The summed E-state index contributed by atoms with van der Waals surface area (Å²) in [5.41, 5.74) is 0.760. The topological polar surface area (TPSA) is 71.8 Å². The number of pyridine rings is 1. The lowest BCUT2D eigenvalue weighted by atomic mass is 9.67. The number of nitrogens with one attached hydrogen (secondary N) is 2. The highest BCUT2D eigenvalue weighted by Crippen LogP contribution is 2.43. The molecule has 126 valence electrons. The summed E-state index contributed by atoms with van der Waals surface area (Å²) in [6.07, 6.45) is 9.89. The number of amides is 1. The lowest BCUT2D eigenvalue weighted by molar-refractivity contribution is -0.134. The number of carbonyl (C=O) groups excluding carboxylic acids is 1. The van der Waals surface area contributed by atoms with Crippen LogP contribution in [0.2, 0.25) is 0 Å². The number of hydrogen-bond acceptors (Lipinski definition) is 4. The van der Waals surface area contributed by atoms with Gasteiger partial charge in [-0.15, -0.1) is 0 Å². The summed E-state index contributed by atoms with van der Waals surface area (Å²) < 4.78 is 1.74. The largest absolute Gasteiger partial charge is 0.351 e. The molecule has 0 bridgehead atoms. The van der Waals surface area contributed by atoms with Crippen molar-refractivity contribution in [3.63, 3.8) is 0 Å². The Kier molecular flexibility index (Phi) is 4.06. The van der Waals surface area contributed by atoms with Crippen LogP contribution in [-0.2, 0) is 11.3 Å². The van der Waals surface area contributed by atoms with Crippen molar-refractivity contribution in [3.05, 3.63) is 42.4 Å². The minimum atomic E-state index is -0.216. The van der Waals surface area contributed by atoms with Crippen molar-refractivity contribution in [1.29, 1.82) is 0 Å². The molecule has 3 heterocycles. The maximum atomic E-state index is 13.0. The van der Waals surface area contributed by atoms with Gasteiger partial charge >= 0.3 is 0 Å². The van der Waals surface area contributed by atoms with E-state index in [4.69, 9.17) is 0 Å². The second kappa shape index (κ2) is 6.36. The first-order chi connectivity index (χ1) is 11.8. The van der Waals surface area contributed by atoms with Crippen LogP contribution in [0.25, 0.3) is 5.82 Å². The number of nitrogens with zero attached hydrogens (tertiary/aromatic N) is 3. The molecule has 1 amide bonds. The minimum Gasteiger partial charge on any atom is -0.351 e. The predicted molar refractivity (Wildman–Crippen MR) is 90.5 cm³/mol. The molecule has 2 fully saturated rings. The highest BCUT2D eigenvalue weighted by atomic mass is 16.2. The van der Waals surface area contributed by atoms with Crippen LogP contribution in [0.15, 0.2) is 36.8 Å². The van der Waals surface area contributed by atoms with E-state index in [1.165, 1.54) is 6.42 Å². The summed E-state index contributed by atoms with van der Waals surface area (Å²) in [6.45, 7) is 2.26. The molecule has 0 aromatic carbocycles. The van der Waals surface area contributed by atoms with Crippen molar-refractivity contribution >= 4 is 5.91 Å². The first-order valence-corrected chi connectivity index (χ1v) is 8.72. The number of aromatic nitrogens is 3. The fraction of sp³-hybridized carbons (Fsp3) is 0.500. The van der Waals surface area contributed by atoms with E-state index in [2.05, 4.69) is 20.7 Å². The van der Waals surface area contributed by atoms with Gasteiger partial charge in [-0.2, -0.15) is 5.10 Å². The number of hydrogen-bond donors (Lipinski definition) is 2. The lowest BCUT2D eigenvalue weighted by Crippen LogP contribution is -2.47. The molecule has 1 saturated carbocycles. The van der Waals surface area contributed by atoms with Gasteiger partial charge in [0.05, 0.1) is 5.41 Å². The minimum absolute atomic E-state index is 0.187. The lowest BCUT2D eigenvalue weighted by Gasteiger charge is -2.37. The zero-order valence-electron chi connectivity index (χ0n) is 13.7. The van der Waals surface area contributed by atoms with Crippen LogP contribution in [0.3, 0.4) is 0 Å². The smallest absolute Gasteiger partial charge is 0.228 e.